The van der Waals surface area contributed by atoms with Gasteiger partial charge in [-0.05, 0) is 24.1 Å². The van der Waals surface area contributed by atoms with E-state index in [1.807, 2.05) is 0 Å². The van der Waals surface area contributed by atoms with E-state index in [4.69, 9.17) is 5.73 Å². The van der Waals surface area contributed by atoms with Gasteiger partial charge < -0.3 is 5.73 Å². The number of H-pyrrole nitrogens is 1. The van der Waals surface area contributed by atoms with Crippen molar-refractivity contribution in [2.45, 2.75) is 12.5 Å². The van der Waals surface area contributed by atoms with Crippen LogP contribution in [-0.2, 0) is 6.42 Å². The van der Waals surface area contributed by atoms with Crippen molar-refractivity contribution in [3.05, 3.63) is 47.3 Å². The number of nitrogens with zero attached hydrogens (tertiary/aromatic N) is 2. The van der Waals surface area contributed by atoms with E-state index in [0.717, 1.165) is 6.07 Å². The molecule has 1 unspecified atom stereocenters. The Kier molecular flexibility index (Phi) is 2.91. The quantitative estimate of drug-likeness (QED) is 0.826. The topological polar surface area (TPSA) is 67.6 Å². The van der Waals surface area contributed by atoms with Gasteiger partial charge in [0.25, 0.3) is 0 Å². The fraction of sp³-hybridized carbons (Fsp3) is 0.200. The third-order valence-corrected chi connectivity index (χ3v) is 2.19. The normalized spacial score (nSPS) is 12.7. The second kappa shape index (κ2) is 4.36. The Morgan fingerprint density at radius 1 is 1.25 bits per heavy atom. The lowest BCUT2D eigenvalue weighted by Gasteiger charge is -2.08. The van der Waals surface area contributed by atoms with E-state index in [1.54, 1.807) is 0 Å². The summed E-state index contributed by atoms with van der Waals surface area (Å²) in [5, 5.41) is 9.86. The molecule has 2 rings (SSSR count). The van der Waals surface area contributed by atoms with Gasteiger partial charge in [-0.1, -0.05) is 0 Å². The van der Waals surface area contributed by atoms with Gasteiger partial charge in [0.2, 0.25) is 0 Å². The Morgan fingerprint density at radius 2 is 1.94 bits per heavy atom. The first kappa shape index (κ1) is 10.7. The number of hydrogen-bond donors (Lipinski definition) is 2. The highest BCUT2D eigenvalue weighted by Crippen LogP contribution is 2.15. The van der Waals surface area contributed by atoms with Crippen molar-refractivity contribution in [3.8, 4) is 0 Å². The molecule has 0 saturated heterocycles. The lowest BCUT2D eigenvalue weighted by Crippen LogP contribution is -2.14. The van der Waals surface area contributed by atoms with Crippen molar-refractivity contribution in [1.29, 1.82) is 0 Å². The molecule has 1 heterocycles. The van der Waals surface area contributed by atoms with Crippen LogP contribution in [0.3, 0.4) is 0 Å². The van der Waals surface area contributed by atoms with E-state index in [0.29, 0.717) is 17.7 Å². The lowest BCUT2D eigenvalue weighted by atomic mass is 10.0. The summed E-state index contributed by atoms with van der Waals surface area (Å²) in [5.41, 5.74) is 6.86. The third-order valence-electron chi connectivity index (χ3n) is 2.19. The number of aromatic amines is 1. The van der Waals surface area contributed by atoms with Crippen LogP contribution in [0.1, 0.15) is 17.3 Å². The highest BCUT2D eigenvalue weighted by atomic mass is 19.1. The van der Waals surface area contributed by atoms with Gasteiger partial charge in [-0.2, -0.15) is 15.4 Å². The van der Waals surface area contributed by atoms with Crippen LogP contribution in [0.25, 0.3) is 0 Å². The number of nitrogens with one attached hydrogen (secondary N) is 1. The average molecular weight is 224 g/mol. The molecule has 0 aliphatic carbocycles. The van der Waals surface area contributed by atoms with E-state index in [2.05, 4.69) is 15.4 Å². The van der Waals surface area contributed by atoms with Crippen molar-refractivity contribution in [2.24, 2.45) is 5.73 Å². The zero-order valence-electron chi connectivity index (χ0n) is 8.32. The zero-order valence-corrected chi connectivity index (χ0v) is 8.32. The molecule has 0 radical (unpaired) electrons. The smallest absolute Gasteiger partial charge is 0.126 e. The van der Waals surface area contributed by atoms with Crippen LogP contribution in [0.2, 0.25) is 0 Å². The number of hydrogen-bond acceptors (Lipinski definition) is 3. The van der Waals surface area contributed by atoms with Crippen LogP contribution in [0.15, 0.2) is 24.4 Å². The molecule has 6 heteroatoms. The highest BCUT2D eigenvalue weighted by Gasteiger charge is 2.11. The predicted octanol–water partition coefficient (Wildman–Crippen LogP) is 1.33. The minimum Gasteiger partial charge on any atom is -0.322 e. The molecule has 1 atom stereocenters. The second-order valence-corrected chi connectivity index (χ2v) is 3.48. The van der Waals surface area contributed by atoms with Gasteiger partial charge >= 0.3 is 0 Å². The van der Waals surface area contributed by atoms with Gasteiger partial charge in [-0.25, -0.2) is 8.78 Å². The van der Waals surface area contributed by atoms with Gasteiger partial charge in [-0.3, -0.25) is 0 Å². The molecule has 84 valence electrons. The largest absolute Gasteiger partial charge is 0.322 e. The number of halogens is 2. The van der Waals surface area contributed by atoms with Gasteiger partial charge in [0.1, 0.15) is 11.6 Å². The summed E-state index contributed by atoms with van der Waals surface area (Å²) in [7, 11) is 0. The minimum atomic E-state index is -0.609. The predicted molar refractivity (Wildman–Crippen MR) is 53.4 cm³/mol. The molecule has 0 saturated carbocycles. The van der Waals surface area contributed by atoms with E-state index in [-0.39, 0.29) is 0 Å². The molecule has 0 spiro atoms. The Labute approximate surface area is 90.5 Å². The van der Waals surface area contributed by atoms with Crippen molar-refractivity contribution in [3.63, 3.8) is 0 Å². The second-order valence-electron chi connectivity index (χ2n) is 3.48. The van der Waals surface area contributed by atoms with E-state index in [9.17, 15) is 8.78 Å². The highest BCUT2D eigenvalue weighted by molar-refractivity contribution is 5.20. The Morgan fingerprint density at radius 3 is 2.50 bits per heavy atom. The van der Waals surface area contributed by atoms with E-state index >= 15 is 0 Å². The first-order valence-corrected chi connectivity index (χ1v) is 4.71. The molecule has 0 aliphatic heterocycles. The van der Waals surface area contributed by atoms with Gasteiger partial charge in [-0.15, -0.1) is 0 Å². The summed E-state index contributed by atoms with van der Waals surface area (Å²) in [6, 6.07) is 2.90. The lowest BCUT2D eigenvalue weighted by molar-refractivity contribution is 0.575. The van der Waals surface area contributed by atoms with Crippen molar-refractivity contribution < 1.29 is 8.78 Å². The van der Waals surface area contributed by atoms with Crippen molar-refractivity contribution in [2.75, 3.05) is 0 Å². The van der Waals surface area contributed by atoms with Gasteiger partial charge in [0, 0.05) is 6.07 Å². The standard InChI is InChI=1S/C10H10F2N4/c11-7-1-6(2-8(12)4-7)3-9(13)10-5-14-16-15-10/h1-2,4-5,9H,3,13H2,(H,14,15,16). The van der Waals surface area contributed by atoms with Crippen LogP contribution >= 0.6 is 0 Å². The van der Waals surface area contributed by atoms with Crippen LogP contribution < -0.4 is 5.73 Å². The number of rotatable bonds is 3. The van der Waals surface area contributed by atoms with E-state index < -0.39 is 17.7 Å². The summed E-state index contributed by atoms with van der Waals surface area (Å²) >= 11 is 0. The molecule has 0 fully saturated rings. The summed E-state index contributed by atoms with van der Waals surface area (Å²) in [4.78, 5) is 0. The molecule has 1 aromatic heterocycles. The first-order chi connectivity index (χ1) is 7.65. The molecule has 3 N–H and O–H groups in total. The molecule has 0 amide bonds. The Hall–Kier alpha value is -1.82. The van der Waals surface area contributed by atoms with Crippen LogP contribution in [0.4, 0.5) is 8.78 Å². The monoisotopic (exact) mass is 224 g/mol. The van der Waals surface area contributed by atoms with Gasteiger partial charge in [0.15, 0.2) is 0 Å². The molecular formula is C10H10F2N4. The van der Waals surface area contributed by atoms with E-state index in [1.165, 1.54) is 18.3 Å². The Balaban J connectivity index is 2.15. The maximum atomic E-state index is 12.9. The van der Waals surface area contributed by atoms with Crippen molar-refractivity contribution >= 4 is 0 Å². The average Bonchev–Trinajstić information content (AvgIpc) is 2.68. The van der Waals surface area contributed by atoms with Crippen LogP contribution in [-0.4, -0.2) is 15.4 Å². The third kappa shape index (κ3) is 2.40. The first-order valence-electron chi connectivity index (χ1n) is 4.71. The van der Waals surface area contributed by atoms with Crippen LogP contribution in [0.5, 0.6) is 0 Å². The fourth-order valence-electron chi connectivity index (χ4n) is 1.48. The fourth-order valence-corrected chi connectivity index (χ4v) is 1.48. The van der Waals surface area contributed by atoms with Crippen LogP contribution in [0, 0.1) is 11.6 Å². The van der Waals surface area contributed by atoms with Crippen molar-refractivity contribution in [1.82, 2.24) is 15.4 Å². The zero-order chi connectivity index (χ0) is 11.5. The molecule has 0 aliphatic rings. The summed E-state index contributed by atoms with van der Waals surface area (Å²) in [6.45, 7) is 0. The summed E-state index contributed by atoms with van der Waals surface area (Å²) in [5.74, 6) is -1.22. The summed E-state index contributed by atoms with van der Waals surface area (Å²) < 4.78 is 25.8. The molecule has 16 heavy (non-hydrogen) atoms. The van der Waals surface area contributed by atoms with Gasteiger partial charge in [0.05, 0.1) is 17.9 Å². The maximum absolute atomic E-state index is 12.9. The molecule has 0 bridgehead atoms. The number of nitrogens with two attached hydrogens (primary N) is 1. The maximum Gasteiger partial charge on any atom is 0.126 e. The number of benzene rings is 1. The molecular weight excluding hydrogens is 214 g/mol. The minimum absolute atomic E-state index is 0.307. The summed E-state index contributed by atoms with van der Waals surface area (Å²) in [6.07, 6.45) is 1.79. The Bertz CT molecular complexity index is 449. The molecule has 4 nitrogen and oxygen atoms in total. The number of aromatic nitrogens is 3. The SMILES string of the molecule is NC(Cc1cc(F)cc(F)c1)c1cn[nH]n1. The molecule has 1 aromatic carbocycles. The molecule has 2 aromatic rings.